The molecule has 0 aromatic heterocycles. The summed E-state index contributed by atoms with van der Waals surface area (Å²) in [6, 6.07) is 3.42. The van der Waals surface area contributed by atoms with Gasteiger partial charge in [0, 0.05) is 11.0 Å². The fourth-order valence-electron chi connectivity index (χ4n) is 1.07. The summed E-state index contributed by atoms with van der Waals surface area (Å²) < 4.78 is 44.2. The maximum absolute atomic E-state index is 13.3. The van der Waals surface area contributed by atoms with E-state index in [4.69, 9.17) is 4.74 Å². The molecule has 94 valence electrons. The van der Waals surface area contributed by atoms with Crippen molar-refractivity contribution in [3.05, 3.63) is 35.1 Å². The van der Waals surface area contributed by atoms with Crippen LogP contribution in [0.15, 0.2) is 34.2 Å². The topological polar surface area (TPSA) is 55.4 Å². The number of hydrogen-bond donors (Lipinski definition) is 1. The van der Waals surface area contributed by atoms with E-state index in [-0.39, 0.29) is 17.2 Å². The Morgan fingerprint density at radius 2 is 2.24 bits per heavy atom. The Bertz CT molecular complexity index is 530. The van der Waals surface area contributed by atoms with Gasteiger partial charge in [0.1, 0.15) is 0 Å². The zero-order chi connectivity index (χ0) is 13.1. The number of sulfonamides is 1. The Kier molecular flexibility index (Phi) is 4.67. The Morgan fingerprint density at radius 1 is 1.59 bits per heavy atom. The molecule has 0 saturated heterocycles. The standard InChI is InChI=1S/C10H11BrFNO3S/c1-7(11)6-13-17(14,15)8-3-4-10(16-2)9(12)5-8/h3-5,13H,1,6H2,2H3. The van der Waals surface area contributed by atoms with Crippen LogP contribution in [0.5, 0.6) is 5.75 Å². The lowest BCUT2D eigenvalue weighted by Crippen LogP contribution is -2.24. The molecule has 4 nitrogen and oxygen atoms in total. The van der Waals surface area contributed by atoms with Crippen LogP contribution in [-0.2, 0) is 10.0 Å². The molecule has 0 unspecified atom stereocenters. The van der Waals surface area contributed by atoms with Crippen molar-refractivity contribution in [1.82, 2.24) is 4.72 Å². The molecule has 0 fully saturated rings. The van der Waals surface area contributed by atoms with Gasteiger partial charge in [-0.05, 0) is 18.2 Å². The molecule has 0 saturated carbocycles. The van der Waals surface area contributed by atoms with Crippen molar-refractivity contribution in [1.29, 1.82) is 0 Å². The van der Waals surface area contributed by atoms with Gasteiger partial charge < -0.3 is 4.74 Å². The van der Waals surface area contributed by atoms with E-state index in [0.29, 0.717) is 4.48 Å². The molecule has 0 spiro atoms. The van der Waals surface area contributed by atoms with Crippen molar-refractivity contribution in [2.75, 3.05) is 13.7 Å². The first-order valence-corrected chi connectivity index (χ1v) is 6.81. The summed E-state index contributed by atoms with van der Waals surface area (Å²) in [6.45, 7) is 3.53. The highest BCUT2D eigenvalue weighted by Crippen LogP contribution is 2.20. The minimum Gasteiger partial charge on any atom is -0.494 e. The molecular formula is C10H11BrFNO3S. The minimum absolute atomic E-state index is 0.00569. The molecule has 1 N–H and O–H groups in total. The fourth-order valence-corrected chi connectivity index (χ4v) is 2.43. The first-order chi connectivity index (χ1) is 7.86. The van der Waals surface area contributed by atoms with Crippen molar-refractivity contribution in [2.24, 2.45) is 0 Å². The summed E-state index contributed by atoms with van der Waals surface area (Å²) in [5, 5.41) is 0. The highest BCUT2D eigenvalue weighted by atomic mass is 79.9. The molecular weight excluding hydrogens is 313 g/mol. The SMILES string of the molecule is C=C(Br)CNS(=O)(=O)c1ccc(OC)c(F)c1. The van der Waals surface area contributed by atoms with E-state index in [1.54, 1.807) is 0 Å². The molecule has 0 atom stereocenters. The second kappa shape index (κ2) is 5.61. The van der Waals surface area contributed by atoms with Gasteiger partial charge in [0.25, 0.3) is 0 Å². The molecule has 0 aliphatic heterocycles. The van der Waals surface area contributed by atoms with Gasteiger partial charge in [-0.25, -0.2) is 17.5 Å². The van der Waals surface area contributed by atoms with Crippen LogP contribution in [0, 0.1) is 5.82 Å². The largest absolute Gasteiger partial charge is 0.494 e. The van der Waals surface area contributed by atoms with Crippen LogP contribution in [0.3, 0.4) is 0 Å². The van der Waals surface area contributed by atoms with Crippen LogP contribution in [0.25, 0.3) is 0 Å². The number of methoxy groups -OCH3 is 1. The third-order valence-corrected chi connectivity index (χ3v) is 3.57. The quantitative estimate of drug-likeness (QED) is 0.902. The van der Waals surface area contributed by atoms with E-state index in [1.807, 2.05) is 0 Å². The number of hydrogen-bond acceptors (Lipinski definition) is 3. The lowest BCUT2D eigenvalue weighted by molar-refractivity contribution is 0.385. The summed E-state index contributed by atoms with van der Waals surface area (Å²) in [4.78, 5) is -0.162. The summed E-state index contributed by atoms with van der Waals surface area (Å²) in [7, 11) is -2.43. The highest BCUT2D eigenvalue weighted by Gasteiger charge is 2.16. The number of benzene rings is 1. The summed E-state index contributed by atoms with van der Waals surface area (Å²) in [5.74, 6) is -0.734. The molecule has 0 radical (unpaired) electrons. The molecule has 0 amide bonds. The predicted molar refractivity (Wildman–Crippen MR) is 66.2 cm³/mol. The van der Waals surface area contributed by atoms with Gasteiger partial charge in [0.05, 0.1) is 12.0 Å². The van der Waals surface area contributed by atoms with Gasteiger partial charge in [-0.2, -0.15) is 0 Å². The summed E-state index contributed by atoms with van der Waals surface area (Å²) in [5.41, 5.74) is 0. The van der Waals surface area contributed by atoms with Crippen molar-refractivity contribution in [3.8, 4) is 5.75 Å². The van der Waals surface area contributed by atoms with E-state index < -0.39 is 15.8 Å². The van der Waals surface area contributed by atoms with Crippen LogP contribution in [0.2, 0.25) is 0 Å². The highest BCUT2D eigenvalue weighted by molar-refractivity contribution is 9.11. The molecule has 0 aliphatic carbocycles. The first kappa shape index (κ1) is 14.1. The predicted octanol–water partition coefficient (Wildman–Crippen LogP) is 2.02. The second-order valence-corrected chi connectivity index (χ2v) is 6.03. The molecule has 0 heterocycles. The van der Waals surface area contributed by atoms with Gasteiger partial charge in [0.2, 0.25) is 10.0 Å². The third-order valence-electron chi connectivity index (χ3n) is 1.89. The van der Waals surface area contributed by atoms with Crippen molar-refractivity contribution in [2.45, 2.75) is 4.90 Å². The molecule has 7 heteroatoms. The maximum atomic E-state index is 13.3. The van der Waals surface area contributed by atoms with Gasteiger partial charge in [-0.1, -0.05) is 22.5 Å². The molecule has 0 aliphatic rings. The average molecular weight is 324 g/mol. The first-order valence-electron chi connectivity index (χ1n) is 4.53. The Morgan fingerprint density at radius 3 is 2.71 bits per heavy atom. The lowest BCUT2D eigenvalue weighted by Gasteiger charge is -2.07. The van der Waals surface area contributed by atoms with Crippen molar-refractivity contribution < 1.29 is 17.5 Å². The molecule has 1 aromatic carbocycles. The Labute approximate surface area is 108 Å². The Balaban J connectivity index is 2.99. The minimum atomic E-state index is -3.74. The van der Waals surface area contributed by atoms with Gasteiger partial charge >= 0.3 is 0 Å². The third kappa shape index (κ3) is 3.79. The van der Waals surface area contributed by atoms with Crippen LogP contribution in [0.1, 0.15) is 0 Å². The van der Waals surface area contributed by atoms with Crippen LogP contribution >= 0.6 is 15.9 Å². The fraction of sp³-hybridized carbons (Fsp3) is 0.200. The molecule has 1 aromatic rings. The van der Waals surface area contributed by atoms with E-state index in [0.717, 1.165) is 6.07 Å². The van der Waals surface area contributed by atoms with E-state index in [2.05, 4.69) is 27.2 Å². The van der Waals surface area contributed by atoms with E-state index in [9.17, 15) is 12.8 Å². The zero-order valence-electron chi connectivity index (χ0n) is 9.04. The summed E-state index contributed by atoms with van der Waals surface area (Å²) >= 11 is 3.02. The van der Waals surface area contributed by atoms with Gasteiger partial charge in [-0.15, -0.1) is 0 Å². The van der Waals surface area contributed by atoms with Gasteiger partial charge in [0.15, 0.2) is 11.6 Å². The number of ether oxygens (including phenoxy) is 1. The van der Waals surface area contributed by atoms with Crippen LogP contribution in [0.4, 0.5) is 4.39 Å². The van der Waals surface area contributed by atoms with E-state index >= 15 is 0 Å². The monoisotopic (exact) mass is 323 g/mol. The molecule has 1 rings (SSSR count). The number of rotatable bonds is 5. The normalized spacial score (nSPS) is 11.2. The summed E-state index contributed by atoms with van der Waals surface area (Å²) in [6.07, 6.45) is 0. The average Bonchev–Trinajstić information content (AvgIpc) is 2.26. The van der Waals surface area contributed by atoms with Crippen LogP contribution < -0.4 is 9.46 Å². The van der Waals surface area contributed by atoms with Crippen molar-refractivity contribution >= 4 is 26.0 Å². The van der Waals surface area contributed by atoms with Crippen LogP contribution in [-0.4, -0.2) is 22.1 Å². The van der Waals surface area contributed by atoms with E-state index in [1.165, 1.54) is 19.2 Å². The molecule has 17 heavy (non-hydrogen) atoms. The number of halogens is 2. The Hall–Kier alpha value is -0.920. The zero-order valence-corrected chi connectivity index (χ0v) is 11.4. The van der Waals surface area contributed by atoms with Crippen molar-refractivity contribution in [3.63, 3.8) is 0 Å². The van der Waals surface area contributed by atoms with Gasteiger partial charge in [-0.3, -0.25) is 0 Å². The number of nitrogens with one attached hydrogen (secondary N) is 1. The smallest absolute Gasteiger partial charge is 0.240 e. The molecule has 0 bridgehead atoms. The maximum Gasteiger partial charge on any atom is 0.240 e. The lowest BCUT2D eigenvalue weighted by atomic mass is 10.3. The second-order valence-electron chi connectivity index (χ2n) is 3.14.